The summed E-state index contributed by atoms with van der Waals surface area (Å²) in [5, 5.41) is 10.4. The molecule has 4 bridgehead atoms. The van der Waals surface area contributed by atoms with Crippen molar-refractivity contribution in [2.45, 2.75) is 49.3 Å². The van der Waals surface area contributed by atoms with Gasteiger partial charge in [0, 0.05) is 0 Å². The summed E-state index contributed by atoms with van der Waals surface area (Å²) in [7, 11) is -11.6. The third-order valence-corrected chi connectivity index (χ3v) is 8.00. The average molecular weight is 437 g/mol. The molecule has 0 aromatic heterocycles. The summed E-state index contributed by atoms with van der Waals surface area (Å²) in [6, 6.07) is 0. The molecule has 9 nitrogen and oxygen atoms in total. The molecule has 0 aromatic carbocycles. The summed E-state index contributed by atoms with van der Waals surface area (Å²) in [6.45, 7) is -1.27. The smallest absolute Gasteiger partial charge is 0.460 e. The fourth-order valence-electron chi connectivity index (χ4n) is 4.64. The number of alkyl halides is 3. The number of sulfonamides is 1. The first-order chi connectivity index (χ1) is 12.2. The van der Waals surface area contributed by atoms with Crippen LogP contribution in [0.4, 0.5) is 13.2 Å². The molecule has 2 N–H and O–H groups in total. The van der Waals surface area contributed by atoms with Gasteiger partial charge in [0.25, 0.3) is 0 Å². The van der Waals surface area contributed by atoms with Gasteiger partial charge in [-0.05, 0) is 49.9 Å². The number of hydrogen-bond acceptors (Lipinski definition) is 8. The molecule has 0 radical (unpaired) electrons. The number of halogens is 3. The number of esters is 1. The van der Waals surface area contributed by atoms with Crippen molar-refractivity contribution < 1.29 is 48.8 Å². The van der Waals surface area contributed by atoms with Gasteiger partial charge in [-0.15, -0.1) is 0 Å². The van der Waals surface area contributed by atoms with Gasteiger partial charge in [-0.25, -0.2) is 17.4 Å². The number of aliphatic hydroxyl groups is 1. The van der Waals surface area contributed by atoms with Crippen LogP contribution in [0, 0.1) is 17.8 Å². The molecule has 4 aliphatic rings. The van der Waals surface area contributed by atoms with Crippen molar-refractivity contribution in [2.75, 3.05) is 6.61 Å². The summed E-state index contributed by atoms with van der Waals surface area (Å²) in [5.74, 6) is -0.957. The zero-order valence-corrected chi connectivity index (χ0v) is 15.4. The van der Waals surface area contributed by atoms with Crippen LogP contribution in [0.5, 0.6) is 0 Å². The highest BCUT2D eigenvalue weighted by Gasteiger charge is 2.56. The van der Waals surface area contributed by atoms with Crippen LogP contribution in [0.25, 0.3) is 0 Å². The van der Waals surface area contributed by atoms with Crippen molar-refractivity contribution in [2.24, 2.45) is 17.8 Å². The van der Waals surface area contributed by atoms with E-state index in [0.29, 0.717) is 29.3 Å². The third kappa shape index (κ3) is 4.39. The van der Waals surface area contributed by atoms with E-state index in [1.165, 1.54) is 0 Å². The van der Waals surface area contributed by atoms with Gasteiger partial charge < -0.3 is 9.84 Å². The van der Waals surface area contributed by atoms with E-state index in [1.54, 1.807) is 0 Å². The summed E-state index contributed by atoms with van der Waals surface area (Å²) < 4.78 is 90.4. The molecule has 0 aliphatic heterocycles. The van der Waals surface area contributed by atoms with Gasteiger partial charge in [0.1, 0.15) is 6.10 Å². The number of carbonyl (C=O) groups is 1. The van der Waals surface area contributed by atoms with Gasteiger partial charge in [-0.1, -0.05) is 4.13 Å². The molecule has 0 amide bonds. The van der Waals surface area contributed by atoms with Gasteiger partial charge in [-0.2, -0.15) is 21.6 Å². The lowest BCUT2D eigenvalue weighted by molar-refractivity contribution is -0.199. The molecule has 4 rings (SSSR count). The largest absolute Gasteiger partial charge is 0.512 e. The van der Waals surface area contributed by atoms with E-state index in [-0.39, 0.29) is 11.8 Å². The zero-order valence-electron chi connectivity index (χ0n) is 13.8. The van der Waals surface area contributed by atoms with Gasteiger partial charge >= 0.3 is 31.8 Å². The van der Waals surface area contributed by atoms with Crippen LogP contribution in [-0.2, 0) is 34.0 Å². The normalized spacial score (nSPS) is 36.0. The Morgan fingerprint density at radius 3 is 2.15 bits per heavy atom. The lowest BCUT2D eigenvalue weighted by Gasteiger charge is -2.57. The van der Waals surface area contributed by atoms with Crippen LogP contribution in [0.3, 0.4) is 0 Å². The van der Waals surface area contributed by atoms with Crippen LogP contribution >= 0.6 is 0 Å². The Morgan fingerprint density at radius 1 is 1.11 bits per heavy atom. The van der Waals surface area contributed by atoms with Crippen molar-refractivity contribution in [3.63, 3.8) is 0 Å². The third-order valence-electron chi connectivity index (χ3n) is 5.27. The van der Waals surface area contributed by atoms with E-state index < -0.39 is 50.1 Å². The van der Waals surface area contributed by atoms with E-state index >= 15 is 0 Å². The summed E-state index contributed by atoms with van der Waals surface area (Å²) in [5.41, 5.74) is -6.63. The fraction of sp³-hybridized carbons (Fsp3) is 0.923. The molecule has 2 unspecified atom stereocenters. The van der Waals surface area contributed by atoms with Crippen molar-refractivity contribution in [1.29, 1.82) is 0 Å². The first kappa shape index (κ1) is 20.8. The van der Waals surface area contributed by atoms with Gasteiger partial charge in [0.2, 0.25) is 0 Å². The van der Waals surface area contributed by atoms with Gasteiger partial charge in [-0.3, -0.25) is 0 Å². The van der Waals surface area contributed by atoms with E-state index in [9.17, 15) is 39.9 Å². The number of ether oxygens (including phenoxy) is 1. The molecule has 14 heteroatoms. The highest BCUT2D eigenvalue weighted by Crippen LogP contribution is 2.56. The molecule has 0 aromatic rings. The summed E-state index contributed by atoms with van der Waals surface area (Å²) in [6.07, 6.45) is 2.63. The highest BCUT2D eigenvalue weighted by atomic mass is 32.3. The van der Waals surface area contributed by atoms with E-state index in [0.717, 1.165) is 12.8 Å². The number of nitrogens with one attached hydrogen (secondary N) is 1. The second-order valence-corrected chi connectivity index (χ2v) is 10.7. The predicted molar refractivity (Wildman–Crippen MR) is 81.4 cm³/mol. The van der Waals surface area contributed by atoms with Crippen LogP contribution < -0.4 is 4.13 Å². The van der Waals surface area contributed by atoms with Crippen molar-refractivity contribution in [1.82, 2.24) is 4.13 Å². The Morgan fingerprint density at radius 2 is 1.67 bits per heavy atom. The Hall–Kier alpha value is -0.960. The molecule has 0 heterocycles. The Bertz CT molecular complexity index is 809. The average Bonchev–Trinajstić information content (AvgIpc) is 2.45. The van der Waals surface area contributed by atoms with Crippen LogP contribution in [0.2, 0.25) is 0 Å². The zero-order chi connectivity index (χ0) is 20.3. The maximum atomic E-state index is 12.2. The number of rotatable bonds is 6. The standard InChI is InChI=1S/C13H18F3NO8S2/c14-13(15,16)26(20,21)17-27(22,23)24-6-10(18)25-11-8-1-7-2-9(11)5-12(19,3-7)4-8/h7-9,11,17,19H,1-6H2. The van der Waals surface area contributed by atoms with Crippen molar-refractivity contribution in [3.8, 4) is 0 Å². The van der Waals surface area contributed by atoms with E-state index in [2.05, 4.69) is 4.18 Å². The Kier molecular flexibility index (Phi) is 5.03. The van der Waals surface area contributed by atoms with Gasteiger partial charge in [0.15, 0.2) is 6.61 Å². The van der Waals surface area contributed by atoms with Crippen LogP contribution in [-0.4, -0.2) is 51.7 Å². The highest BCUT2D eigenvalue weighted by molar-refractivity contribution is 8.03. The SMILES string of the molecule is O=C(COS(=O)(=O)NS(=O)(=O)C(F)(F)F)OC1C2CC3CC1CC(O)(C3)C2. The first-order valence-corrected chi connectivity index (χ1v) is 11.0. The monoisotopic (exact) mass is 437 g/mol. The molecule has 27 heavy (non-hydrogen) atoms. The molecule has 4 saturated carbocycles. The molecule has 156 valence electrons. The molecular weight excluding hydrogens is 419 g/mol. The number of carbonyl (C=O) groups excluding carboxylic acids is 1. The second-order valence-electron chi connectivity index (χ2n) is 7.40. The first-order valence-electron chi connectivity index (χ1n) is 8.11. The molecule has 4 fully saturated rings. The maximum Gasteiger partial charge on any atom is 0.512 e. The lowest BCUT2D eigenvalue weighted by Crippen LogP contribution is -2.58. The second kappa shape index (κ2) is 6.54. The van der Waals surface area contributed by atoms with Crippen LogP contribution in [0.1, 0.15) is 32.1 Å². The minimum Gasteiger partial charge on any atom is -0.460 e. The minimum absolute atomic E-state index is 0.0782. The maximum absolute atomic E-state index is 12.2. The topological polar surface area (TPSA) is 136 Å². The van der Waals surface area contributed by atoms with Crippen LogP contribution in [0.15, 0.2) is 0 Å². The molecular formula is C13H18F3NO8S2. The molecule has 0 spiro atoms. The Balaban J connectivity index is 1.55. The quantitative estimate of drug-likeness (QED) is 0.562. The van der Waals surface area contributed by atoms with E-state index in [1.807, 2.05) is 0 Å². The number of hydrogen-bond donors (Lipinski definition) is 2. The summed E-state index contributed by atoms with van der Waals surface area (Å²) in [4.78, 5) is 11.9. The molecule has 2 atom stereocenters. The lowest BCUT2D eigenvalue weighted by atomic mass is 9.53. The van der Waals surface area contributed by atoms with Crippen molar-refractivity contribution in [3.05, 3.63) is 0 Å². The molecule has 4 aliphatic carbocycles. The molecule has 0 saturated heterocycles. The minimum atomic E-state index is -6.19. The van der Waals surface area contributed by atoms with E-state index in [4.69, 9.17) is 4.74 Å². The predicted octanol–water partition coefficient (Wildman–Crippen LogP) is 0.170. The summed E-state index contributed by atoms with van der Waals surface area (Å²) >= 11 is 0. The van der Waals surface area contributed by atoms with Crippen molar-refractivity contribution >= 4 is 26.3 Å². The fourth-order valence-corrected chi connectivity index (χ4v) is 6.54. The Labute approximate surface area is 153 Å². The van der Waals surface area contributed by atoms with Gasteiger partial charge in [0.05, 0.1) is 5.60 Å².